The first-order valence-electron chi connectivity index (χ1n) is 11.7. The quantitative estimate of drug-likeness (QED) is 0.382. The van der Waals surface area contributed by atoms with E-state index >= 15 is 0 Å². The summed E-state index contributed by atoms with van der Waals surface area (Å²) in [4.78, 5) is 20.4. The van der Waals surface area contributed by atoms with Crippen molar-refractivity contribution in [3.8, 4) is 17.0 Å². The van der Waals surface area contributed by atoms with Crippen LogP contribution in [0.4, 0.5) is 0 Å². The van der Waals surface area contributed by atoms with Gasteiger partial charge in [-0.1, -0.05) is 30.3 Å². The predicted molar refractivity (Wildman–Crippen MR) is 133 cm³/mol. The third-order valence-corrected chi connectivity index (χ3v) is 7.13. The van der Waals surface area contributed by atoms with Crippen molar-refractivity contribution >= 4 is 16.8 Å². The molecule has 3 heterocycles. The zero-order valence-corrected chi connectivity index (χ0v) is 19.3. The van der Waals surface area contributed by atoms with Gasteiger partial charge in [-0.15, -0.1) is 0 Å². The number of fused-ring (bicyclic) bond motifs is 1. The average Bonchev–Trinajstić information content (AvgIpc) is 3.25. The number of nitrogens with two attached hydrogens (primary N) is 1. The Balaban J connectivity index is 1.39. The van der Waals surface area contributed by atoms with Crippen molar-refractivity contribution in [3.63, 3.8) is 0 Å². The summed E-state index contributed by atoms with van der Waals surface area (Å²) in [6, 6.07) is 19.1. The summed E-state index contributed by atoms with van der Waals surface area (Å²) in [6.07, 6.45) is 1.85. The van der Waals surface area contributed by atoms with Crippen LogP contribution in [0, 0.1) is 6.92 Å². The third kappa shape index (κ3) is 4.08. The maximum absolute atomic E-state index is 13.5. The topological polar surface area (TPSA) is 108 Å². The maximum Gasteiger partial charge on any atom is 0.182 e. The molecule has 4 N–H and O–H groups in total. The smallest absolute Gasteiger partial charge is 0.182 e. The first-order chi connectivity index (χ1) is 16.5. The maximum atomic E-state index is 13.5. The van der Waals surface area contributed by atoms with Crippen LogP contribution in [-0.4, -0.2) is 57.2 Å². The standard InChI is InChI=1S/C27H29N5O2/c1-18-25-22(15-23(29-26(25)31-30-18)19-7-9-21(33)10-8-19)24(34)16-32-13-11-27(17-28,12-14-32)20-5-3-2-4-6-20/h2-10,15,33H,11-14,16-17,28H2,1H3,(H,29,30,31). The number of phenolic OH excluding ortho intramolecular Hbond substituents is 1. The molecule has 1 saturated heterocycles. The first-order valence-corrected chi connectivity index (χ1v) is 11.7. The largest absolute Gasteiger partial charge is 0.508 e. The molecule has 0 radical (unpaired) electrons. The highest BCUT2D eigenvalue weighted by molar-refractivity contribution is 6.09. The highest BCUT2D eigenvalue weighted by atomic mass is 16.3. The van der Waals surface area contributed by atoms with Gasteiger partial charge in [0.25, 0.3) is 0 Å². The second-order valence-corrected chi connectivity index (χ2v) is 9.20. The number of ketones is 1. The number of likely N-dealkylation sites (tertiary alicyclic amines) is 1. The van der Waals surface area contributed by atoms with Gasteiger partial charge in [0.2, 0.25) is 0 Å². The number of hydrogen-bond donors (Lipinski definition) is 3. The van der Waals surface area contributed by atoms with Crippen LogP contribution < -0.4 is 5.73 Å². The summed E-state index contributed by atoms with van der Waals surface area (Å²) in [5.74, 6) is 0.239. The number of aryl methyl sites for hydroxylation is 1. The Morgan fingerprint density at radius 1 is 1.12 bits per heavy atom. The van der Waals surface area contributed by atoms with Gasteiger partial charge in [0, 0.05) is 28.8 Å². The van der Waals surface area contributed by atoms with Gasteiger partial charge in [-0.2, -0.15) is 5.10 Å². The summed E-state index contributed by atoms with van der Waals surface area (Å²) in [5.41, 5.74) is 10.9. The Kier molecular flexibility index (Phi) is 5.89. The SMILES string of the molecule is Cc1[nH]nc2nc(-c3ccc(O)cc3)cc(C(=O)CN3CCC(CN)(c4ccccc4)CC3)c12. The summed E-state index contributed by atoms with van der Waals surface area (Å²) >= 11 is 0. The summed E-state index contributed by atoms with van der Waals surface area (Å²) in [5, 5.41) is 17.7. The highest BCUT2D eigenvalue weighted by Gasteiger charge is 2.35. The molecule has 1 aliphatic rings. The number of carbonyl (C=O) groups excluding carboxylic acids is 1. The first kappa shape index (κ1) is 22.3. The number of H-pyrrole nitrogens is 1. The van der Waals surface area contributed by atoms with Gasteiger partial charge >= 0.3 is 0 Å². The monoisotopic (exact) mass is 455 g/mol. The molecule has 5 rings (SSSR count). The van der Waals surface area contributed by atoms with Crippen molar-refractivity contribution in [2.24, 2.45) is 5.73 Å². The fourth-order valence-electron chi connectivity index (χ4n) is 5.00. The van der Waals surface area contributed by atoms with Crippen molar-refractivity contribution in [2.75, 3.05) is 26.2 Å². The molecular weight excluding hydrogens is 426 g/mol. The second-order valence-electron chi connectivity index (χ2n) is 9.20. The lowest BCUT2D eigenvalue weighted by Crippen LogP contribution is -2.47. The molecule has 1 aliphatic heterocycles. The number of pyridine rings is 1. The van der Waals surface area contributed by atoms with Gasteiger partial charge in [-0.25, -0.2) is 4.98 Å². The second kappa shape index (κ2) is 9.00. The van der Waals surface area contributed by atoms with E-state index in [2.05, 4.69) is 44.3 Å². The minimum absolute atomic E-state index is 0.0298. The molecule has 0 aliphatic carbocycles. The molecule has 174 valence electrons. The van der Waals surface area contributed by atoms with Gasteiger partial charge < -0.3 is 10.8 Å². The molecule has 7 heteroatoms. The number of nitrogens with zero attached hydrogens (tertiary/aromatic N) is 3. The minimum Gasteiger partial charge on any atom is -0.508 e. The molecular formula is C27H29N5O2. The minimum atomic E-state index is -0.0298. The number of piperidine rings is 1. The fraction of sp³-hybridized carbons (Fsp3) is 0.296. The van der Waals surface area contributed by atoms with E-state index in [0.717, 1.165) is 42.6 Å². The Morgan fingerprint density at radius 3 is 2.50 bits per heavy atom. The van der Waals surface area contributed by atoms with Crippen molar-refractivity contribution in [1.29, 1.82) is 0 Å². The lowest BCUT2D eigenvalue weighted by atomic mass is 9.73. The van der Waals surface area contributed by atoms with Crippen LogP contribution in [0.25, 0.3) is 22.3 Å². The molecule has 0 atom stereocenters. The number of Topliss-reactive ketones (excluding diaryl/α,β-unsaturated/α-hetero) is 1. The van der Waals surface area contributed by atoms with E-state index in [0.29, 0.717) is 30.0 Å². The molecule has 2 aromatic carbocycles. The number of aromatic nitrogens is 3. The van der Waals surface area contributed by atoms with Crippen LogP contribution >= 0.6 is 0 Å². The van der Waals surface area contributed by atoms with Crippen LogP contribution in [0.5, 0.6) is 5.75 Å². The van der Waals surface area contributed by atoms with Gasteiger partial charge in [0.15, 0.2) is 11.4 Å². The fourth-order valence-corrected chi connectivity index (χ4v) is 5.00. The number of hydrogen-bond acceptors (Lipinski definition) is 6. The van der Waals surface area contributed by atoms with Crippen LogP contribution in [-0.2, 0) is 5.41 Å². The van der Waals surface area contributed by atoms with E-state index in [1.54, 1.807) is 24.3 Å². The van der Waals surface area contributed by atoms with Crippen LogP contribution in [0.2, 0.25) is 0 Å². The predicted octanol–water partition coefficient (Wildman–Crippen LogP) is 3.81. The van der Waals surface area contributed by atoms with E-state index in [4.69, 9.17) is 5.73 Å². The zero-order chi connectivity index (χ0) is 23.7. The lowest BCUT2D eigenvalue weighted by Gasteiger charge is -2.41. The Hall–Kier alpha value is -3.55. The molecule has 0 spiro atoms. The summed E-state index contributed by atoms with van der Waals surface area (Å²) < 4.78 is 0. The van der Waals surface area contributed by atoms with E-state index in [9.17, 15) is 9.90 Å². The Bertz CT molecular complexity index is 1310. The van der Waals surface area contributed by atoms with E-state index in [1.807, 2.05) is 19.1 Å². The number of carbonyl (C=O) groups is 1. The number of nitrogens with one attached hydrogen (secondary N) is 1. The molecule has 4 aromatic rings. The zero-order valence-electron chi connectivity index (χ0n) is 19.3. The number of aromatic hydroxyl groups is 1. The van der Waals surface area contributed by atoms with Crippen molar-refractivity contribution < 1.29 is 9.90 Å². The Morgan fingerprint density at radius 2 is 1.82 bits per heavy atom. The van der Waals surface area contributed by atoms with Crippen LogP contribution in [0.15, 0.2) is 60.7 Å². The van der Waals surface area contributed by atoms with Gasteiger partial charge in [-0.05, 0) is 68.8 Å². The van der Waals surface area contributed by atoms with Crippen LogP contribution in [0.1, 0.15) is 34.5 Å². The third-order valence-electron chi connectivity index (χ3n) is 7.13. The molecule has 0 bridgehead atoms. The van der Waals surface area contributed by atoms with E-state index < -0.39 is 0 Å². The molecule has 7 nitrogen and oxygen atoms in total. The number of phenols is 1. The van der Waals surface area contributed by atoms with E-state index in [1.165, 1.54) is 5.56 Å². The average molecular weight is 456 g/mol. The van der Waals surface area contributed by atoms with Gasteiger partial charge in [0.1, 0.15) is 5.75 Å². The molecule has 0 saturated carbocycles. The molecule has 0 amide bonds. The number of benzene rings is 2. The molecule has 2 aromatic heterocycles. The van der Waals surface area contributed by atoms with E-state index in [-0.39, 0.29) is 16.9 Å². The van der Waals surface area contributed by atoms with Gasteiger partial charge in [-0.3, -0.25) is 14.8 Å². The number of aromatic amines is 1. The summed E-state index contributed by atoms with van der Waals surface area (Å²) in [6.45, 7) is 4.50. The lowest BCUT2D eigenvalue weighted by molar-refractivity contribution is 0.0882. The van der Waals surface area contributed by atoms with Gasteiger partial charge in [0.05, 0.1) is 17.6 Å². The number of rotatable bonds is 6. The normalized spacial score (nSPS) is 16.1. The molecule has 1 fully saturated rings. The van der Waals surface area contributed by atoms with Crippen molar-refractivity contribution in [2.45, 2.75) is 25.2 Å². The highest BCUT2D eigenvalue weighted by Crippen LogP contribution is 2.35. The molecule has 34 heavy (non-hydrogen) atoms. The summed E-state index contributed by atoms with van der Waals surface area (Å²) in [7, 11) is 0. The van der Waals surface area contributed by atoms with Crippen molar-refractivity contribution in [1.82, 2.24) is 20.1 Å². The Labute approximate surface area is 198 Å². The van der Waals surface area contributed by atoms with Crippen molar-refractivity contribution in [3.05, 3.63) is 77.5 Å². The van der Waals surface area contributed by atoms with Crippen LogP contribution in [0.3, 0.4) is 0 Å². The molecule has 0 unspecified atom stereocenters.